The first kappa shape index (κ1) is 19.1. The SMILES string of the molecule is CCCCCCOc1ccc(CN2C[C@H](C(=O)O)CC2=O)cc1OC. The van der Waals surface area contributed by atoms with Gasteiger partial charge in [-0.2, -0.15) is 0 Å². The molecule has 0 aromatic heterocycles. The summed E-state index contributed by atoms with van der Waals surface area (Å²) in [5.41, 5.74) is 0.898. The van der Waals surface area contributed by atoms with Crippen LogP contribution in [0.5, 0.6) is 11.5 Å². The Morgan fingerprint density at radius 3 is 2.72 bits per heavy atom. The first-order chi connectivity index (χ1) is 12.0. The van der Waals surface area contributed by atoms with Crippen molar-refractivity contribution >= 4 is 11.9 Å². The van der Waals surface area contributed by atoms with Crippen molar-refractivity contribution in [3.05, 3.63) is 23.8 Å². The summed E-state index contributed by atoms with van der Waals surface area (Å²) in [5, 5.41) is 9.05. The molecule has 0 bridgehead atoms. The summed E-state index contributed by atoms with van der Waals surface area (Å²) in [7, 11) is 1.59. The summed E-state index contributed by atoms with van der Waals surface area (Å²) in [5.74, 6) is -0.323. The lowest BCUT2D eigenvalue weighted by Crippen LogP contribution is -2.25. The number of ether oxygens (including phenoxy) is 2. The van der Waals surface area contributed by atoms with Crippen LogP contribution in [-0.4, -0.2) is 42.1 Å². The van der Waals surface area contributed by atoms with Crippen molar-refractivity contribution in [3.8, 4) is 11.5 Å². The van der Waals surface area contributed by atoms with Gasteiger partial charge < -0.3 is 19.5 Å². The van der Waals surface area contributed by atoms with Crippen molar-refractivity contribution in [3.63, 3.8) is 0 Å². The lowest BCUT2D eigenvalue weighted by molar-refractivity contribution is -0.141. The van der Waals surface area contributed by atoms with Crippen LogP contribution in [0.15, 0.2) is 18.2 Å². The van der Waals surface area contributed by atoms with Gasteiger partial charge in [0, 0.05) is 19.5 Å². The Labute approximate surface area is 148 Å². The zero-order chi connectivity index (χ0) is 18.2. The van der Waals surface area contributed by atoms with Gasteiger partial charge in [-0.25, -0.2) is 0 Å². The van der Waals surface area contributed by atoms with Gasteiger partial charge in [0.2, 0.25) is 5.91 Å². The van der Waals surface area contributed by atoms with Crippen molar-refractivity contribution in [1.82, 2.24) is 4.90 Å². The van der Waals surface area contributed by atoms with Crippen LogP contribution in [0.2, 0.25) is 0 Å². The number of aliphatic carboxylic acids is 1. The number of rotatable bonds is 10. The number of hydrogen-bond donors (Lipinski definition) is 1. The van der Waals surface area contributed by atoms with Gasteiger partial charge >= 0.3 is 5.97 Å². The number of hydrogen-bond acceptors (Lipinski definition) is 4. The highest BCUT2D eigenvalue weighted by Crippen LogP contribution is 2.30. The molecule has 1 amide bonds. The molecule has 138 valence electrons. The molecule has 6 nitrogen and oxygen atoms in total. The molecule has 1 atom stereocenters. The maximum absolute atomic E-state index is 11.9. The van der Waals surface area contributed by atoms with Crippen LogP contribution in [0.1, 0.15) is 44.6 Å². The average molecular weight is 349 g/mol. The van der Waals surface area contributed by atoms with Crippen LogP contribution in [0.3, 0.4) is 0 Å². The summed E-state index contributed by atoms with van der Waals surface area (Å²) >= 11 is 0. The lowest BCUT2D eigenvalue weighted by Gasteiger charge is -2.17. The molecule has 1 aromatic carbocycles. The zero-order valence-corrected chi connectivity index (χ0v) is 15.0. The molecule has 0 unspecified atom stereocenters. The molecular weight excluding hydrogens is 322 g/mol. The highest BCUT2D eigenvalue weighted by Gasteiger charge is 2.34. The Balaban J connectivity index is 1.94. The van der Waals surface area contributed by atoms with E-state index in [4.69, 9.17) is 14.6 Å². The molecule has 6 heteroatoms. The first-order valence-corrected chi connectivity index (χ1v) is 8.85. The van der Waals surface area contributed by atoms with E-state index in [9.17, 15) is 9.59 Å². The van der Waals surface area contributed by atoms with Gasteiger partial charge in [-0.15, -0.1) is 0 Å². The van der Waals surface area contributed by atoms with Crippen molar-refractivity contribution in [2.75, 3.05) is 20.3 Å². The van der Waals surface area contributed by atoms with Gasteiger partial charge in [-0.3, -0.25) is 9.59 Å². The molecule has 1 aromatic rings. The number of carbonyl (C=O) groups is 2. The van der Waals surface area contributed by atoms with E-state index in [1.807, 2.05) is 18.2 Å². The predicted molar refractivity (Wildman–Crippen MR) is 93.8 cm³/mol. The Morgan fingerprint density at radius 1 is 1.28 bits per heavy atom. The van der Waals surface area contributed by atoms with Crippen molar-refractivity contribution in [2.24, 2.45) is 5.92 Å². The number of amides is 1. The summed E-state index contributed by atoms with van der Waals surface area (Å²) in [6.45, 7) is 3.47. The molecule has 2 rings (SSSR count). The summed E-state index contributed by atoms with van der Waals surface area (Å²) < 4.78 is 11.2. The third kappa shape index (κ3) is 5.37. The largest absolute Gasteiger partial charge is 0.493 e. The van der Waals surface area contributed by atoms with E-state index in [1.165, 1.54) is 12.8 Å². The zero-order valence-electron chi connectivity index (χ0n) is 15.0. The monoisotopic (exact) mass is 349 g/mol. The third-order valence-corrected chi connectivity index (χ3v) is 4.42. The Hall–Kier alpha value is -2.24. The second-order valence-corrected chi connectivity index (χ2v) is 6.41. The molecule has 0 spiro atoms. The second kappa shape index (κ2) is 9.30. The number of carboxylic acid groups (broad SMARTS) is 1. The number of carbonyl (C=O) groups excluding carboxylic acids is 1. The van der Waals surface area contributed by atoms with Gasteiger partial charge in [0.15, 0.2) is 11.5 Å². The van der Waals surface area contributed by atoms with Gasteiger partial charge in [-0.05, 0) is 24.1 Å². The molecule has 1 aliphatic rings. The Morgan fingerprint density at radius 2 is 2.08 bits per heavy atom. The van der Waals surface area contributed by atoms with Crippen LogP contribution in [0.25, 0.3) is 0 Å². The minimum atomic E-state index is -0.916. The Bertz CT molecular complexity index is 601. The highest BCUT2D eigenvalue weighted by molar-refractivity contribution is 5.86. The van der Waals surface area contributed by atoms with Crippen LogP contribution in [-0.2, 0) is 16.1 Å². The molecule has 0 radical (unpaired) electrons. The van der Waals surface area contributed by atoms with Crippen molar-refractivity contribution < 1.29 is 24.2 Å². The minimum absolute atomic E-state index is 0.0748. The van der Waals surface area contributed by atoms with Crippen molar-refractivity contribution in [2.45, 2.75) is 45.6 Å². The number of likely N-dealkylation sites (tertiary alicyclic amines) is 1. The fourth-order valence-electron chi connectivity index (χ4n) is 2.95. The van der Waals surface area contributed by atoms with E-state index in [2.05, 4.69) is 6.92 Å². The van der Waals surface area contributed by atoms with E-state index in [0.717, 1.165) is 18.4 Å². The minimum Gasteiger partial charge on any atom is -0.493 e. The predicted octanol–water partition coefficient (Wildman–Crippen LogP) is 3.09. The maximum Gasteiger partial charge on any atom is 0.308 e. The van der Waals surface area contributed by atoms with Crippen LogP contribution < -0.4 is 9.47 Å². The quantitative estimate of drug-likeness (QED) is 0.657. The Kier molecular flexibility index (Phi) is 7.10. The van der Waals surface area contributed by atoms with E-state index in [0.29, 0.717) is 24.7 Å². The first-order valence-electron chi connectivity index (χ1n) is 8.85. The molecule has 0 aliphatic carbocycles. The summed E-state index contributed by atoms with van der Waals surface area (Å²) in [6, 6.07) is 5.59. The number of methoxy groups -OCH3 is 1. The van der Waals surface area contributed by atoms with Gasteiger partial charge in [-0.1, -0.05) is 32.3 Å². The average Bonchev–Trinajstić information content (AvgIpc) is 2.96. The van der Waals surface area contributed by atoms with Crippen LogP contribution >= 0.6 is 0 Å². The molecular formula is C19H27NO5. The number of nitrogens with zero attached hydrogens (tertiary/aromatic N) is 1. The standard InChI is InChI=1S/C19H27NO5/c1-3-4-5-6-9-25-16-8-7-14(10-17(16)24-2)12-20-13-15(19(22)23)11-18(20)21/h7-8,10,15H,3-6,9,11-13H2,1-2H3,(H,22,23)/t15-/m1/s1. The van der Waals surface area contributed by atoms with Gasteiger partial charge in [0.1, 0.15) is 0 Å². The van der Waals surface area contributed by atoms with E-state index in [1.54, 1.807) is 12.0 Å². The normalized spacial score (nSPS) is 17.0. The van der Waals surface area contributed by atoms with E-state index < -0.39 is 11.9 Å². The van der Waals surface area contributed by atoms with Crippen LogP contribution in [0.4, 0.5) is 0 Å². The molecule has 1 saturated heterocycles. The van der Waals surface area contributed by atoms with E-state index in [-0.39, 0.29) is 18.9 Å². The fraction of sp³-hybridized carbons (Fsp3) is 0.579. The maximum atomic E-state index is 11.9. The van der Waals surface area contributed by atoms with Crippen LogP contribution in [0, 0.1) is 5.92 Å². The molecule has 1 fully saturated rings. The highest BCUT2D eigenvalue weighted by atomic mass is 16.5. The smallest absolute Gasteiger partial charge is 0.308 e. The fourth-order valence-corrected chi connectivity index (χ4v) is 2.95. The summed E-state index contributed by atoms with van der Waals surface area (Å²) in [4.78, 5) is 24.6. The number of unbranched alkanes of at least 4 members (excludes halogenated alkanes) is 3. The summed E-state index contributed by atoms with van der Waals surface area (Å²) in [6.07, 6.45) is 4.64. The second-order valence-electron chi connectivity index (χ2n) is 6.41. The van der Waals surface area contributed by atoms with Crippen molar-refractivity contribution in [1.29, 1.82) is 0 Å². The number of carboxylic acids is 1. The third-order valence-electron chi connectivity index (χ3n) is 4.42. The molecule has 1 aliphatic heterocycles. The van der Waals surface area contributed by atoms with Gasteiger partial charge in [0.05, 0.1) is 19.6 Å². The molecule has 1 heterocycles. The van der Waals surface area contributed by atoms with E-state index >= 15 is 0 Å². The molecule has 25 heavy (non-hydrogen) atoms. The molecule has 0 saturated carbocycles. The van der Waals surface area contributed by atoms with Gasteiger partial charge in [0.25, 0.3) is 0 Å². The topological polar surface area (TPSA) is 76.1 Å². The number of benzene rings is 1. The molecule has 1 N–H and O–H groups in total. The lowest BCUT2D eigenvalue weighted by atomic mass is 10.1.